The van der Waals surface area contributed by atoms with Crippen LogP contribution in [-0.4, -0.2) is 23.7 Å². The van der Waals surface area contributed by atoms with E-state index in [-0.39, 0.29) is 6.04 Å². The van der Waals surface area contributed by atoms with E-state index in [4.69, 9.17) is 0 Å². The molecule has 138 valence electrons. The Labute approximate surface area is 147 Å². The Bertz CT molecular complexity index is 780. The first kappa shape index (κ1) is 19.6. The molecule has 0 spiro atoms. The normalized spacial score (nSPS) is 15.2. The molecule has 0 fully saturated rings. The molecule has 2 aromatic rings. The fourth-order valence-corrected chi connectivity index (χ4v) is 2.87. The summed E-state index contributed by atoms with van der Waals surface area (Å²) >= 11 is 0. The third-order valence-electron chi connectivity index (χ3n) is 3.54. The monoisotopic (exact) mass is 374 g/mol. The van der Waals surface area contributed by atoms with E-state index in [1.807, 2.05) is 27.7 Å². The maximum absolute atomic E-state index is 12.7. The molecule has 5 nitrogen and oxygen atoms in total. The molecule has 1 N–H and O–H groups in total. The minimum atomic E-state index is -4.44. The van der Waals surface area contributed by atoms with Crippen LogP contribution in [0.4, 0.5) is 13.2 Å². The van der Waals surface area contributed by atoms with Crippen molar-refractivity contribution in [2.24, 2.45) is 0 Å². The highest BCUT2D eigenvalue weighted by Crippen LogP contribution is 2.29. The lowest BCUT2D eigenvalue weighted by Crippen LogP contribution is -2.34. The largest absolute Gasteiger partial charge is 0.419 e. The molecule has 0 aliphatic heterocycles. The lowest BCUT2D eigenvalue weighted by molar-refractivity contribution is -0.137. The molecule has 0 saturated heterocycles. The molecular weight excluding hydrogens is 353 g/mol. The summed E-state index contributed by atoms with van der Waals surface area (Å²) in [7, 11) is -1.24. The number of alkyl halides is 3. The van der Waals surface area contributed by atoms with Gasteiger partial charge in [0.05, 0.1) is 27.5 Å². The van der Waals surface area contributed by atoms with Crippen LogP contribution in [0.5, 0.6) is 0 Å². The molecule has 0 saturated carbocycles. The number of pyridine rings is 1. The zero-order valence-corrected chi connectivity index (χ0v) is 15.5. The SMILES string of the molecule is Cc1cc(C(C)N[S@](=O)C(C)(C)C)cnc1-n1cc(C(F)(F)F)cn1. The van der Waals surface area contributed by atoms with Crippen LogP contribution in [-0.2, 0) is 17.2 Å². The first-order chi connectivity index (χ1) is 11.4. The van der Waals surface area contributed by atoms with Crippen LogP contribution in [0.1, 0.15) is 50.4 Å². The molecule has 9 heteroatoms. The van der Waals surface area contributed by atoms with Crippen LogP contribution in [0.15, 0.2) is 24.7 Å². The van der Waals surface area contributed by atoms with Crippen molar-refractivity contribution in [1.29, 1.82) is 0 Å². The van der Waals surface area contributed by atoms with Gasteiger partial charge < -0.3 is 0 Å². The maximum Gasteiger partial charge on any atom is 0.419 e. The Morgan fingerprint density at radius 3 is 2.36 bits per heavy atom. The summed E-state index contributed by atoms with van der Waals surface area (Å²) in [5.74, 6) is 0.323. The van der Waals surface area contributed by atoms with E-state index in [1.54, 1.807) is 19.2 Å². The Kier molecular flexibility index (Phi) is 5.38. The molecule has 25 heavy (non-hydrogen) atoms. The van der Waals surface area contributed by atoms with Gasteiger partial charge >= 0.3 is 6.18 Å². The van der Waals surface area contributed by atoms with Crippen molar-refractivity contribution in [3.8, 4) is 5.82 Å². The molecule has 2 rings (SSSR count). The second-order valence-electron chi connectivity index (χ2n) is 6.80. The van der Waals surface area contributed by atoms with E-state index in [9.17, 15) is 17.4 Å². The lowest BCUT2D eigenvalue weighted by Gasteiger charge is -2.22. The zero-order chi connectivity index (χ0) is 19.0. The fourth-order valence-electron chi connectivity index (χ4n) is 2.06. The van der Waals surface area contributed by atoms with Crippen molar-refractivity contribution in [3.63, 3.8) is 0 Å². The lowest BCUT2D eigenvalue weighted by atomic mass is 10.1. The highest BCUT2D eigenvalue weighted by Gasteiger charge is 2.32. The number of halogens is 3. The van der Waals surface area contributed by atoms with E-state index in [0.29, 0.717) is 11.4 Å². The summed E-state index contributed by atoms with van der Waals surface area (Å²) in [5.41, 5.74) is 0.639. The molecule has 0 amide bonds. The number of nitrogens with zero attached hydrogens (tertiary/aromatic N) is 3. The first-order valence-corrected chi connectivity index (χ1v) is 8.81. The summed E-state index contributed by atoms with van der Waals surface area (Å²) in [6.45, 7) is 9.20. The molecule has 0 bridgehead atoms. The Morgan fingerprint density at radius 2 is 1.88 bits per heavy atom. The molecule has 2 heterocycles. The van der Waals surface area contributed by atoms with Gasteiger partial charge in [0.2, 0.25) is 0 Å². The van der Waals surface area contributed by atoms with E-state index < -0.39 is 27.5 Å². The number of hydrogen-bond donors (Lipinski definition) is 1. The summed E-state index contributed by atoms with van der Waals surface area (Å²) in [6.07, 6.45) is -1.21. The van der Waals surface area contributed by atoms with Crippen molar-refractivity contribution < 1.29 is 17.4 Å². The van der Waals surface area contributed by atoms with E-state index >= 15 is 0 Å². The topological polar surface area (TPSA) is 59.8 Å². The highest BCUT2D eigenvalue weighted by atomic mass is 32.2. The number of aromatic nitrogens is 3. The quantitative estimate of drug-likeness (QED) is 0.888. The summed E-state index contributed by atoms with van der Waals surface area (Å²) in [4.78, 5) is 4.23. The van der Waals surface area contributed by atoms with E-state index in [2.05, 4.69) is 14.8 Å². The standard InChI is InChI=1S/C16H21F3N4OS/c1-10-6-12(11(2)22-25(24)15(3,4)5)7-20-14(10)23-9-13(8-21-23)16(17,18)19/h6-9,11,22H,1-5H3/t11?,25-/m1/s1. The molecule has 0 aliphatic rings. The van der Waals surface area contributed by atoms with E-state index in [0.717, 1.165) is 22.6 Å². The molecule has 1 unspecified atom stereocenters. The van der Waals surface area contributed by atoms with Gasteiger partial charge in [-0.25, -0.2) is 18.6 Å². The summed E-state index contributed by atoms with van der Waals surface area (Å²) in [5, 5.41) is 3.74. The van der Waals surface area contributed by atoms with Gasteiger partial charge in [0.25, 0.3) is 0 Å². The van der Waals surface area contributed by atoms with Gasteiger partial charge in [0.15, 0.2) is 5.82 Å². The van der Waals surface area contributed by atoms with E-state index in [1.165, 1.54) is 0 Å². The fraction of sp³-hybridized carbons (Fsp3) is 0.500. The van der Waals surface area contributed by atoms with Gasteiger partial charge in [-0.1, -0.05) is 0 Å². The number of hydrogen-bond acceptors (Lipinski definition) is 3. The predicted octanol–water partition coefficient (Wildman–Crippen LogP) is 3.71. The van der Waals surface area contributed by atoms with Crippen molar-refractivity contribution in [3.05, 3.63) is 41.3 Å². The van der Waals surface area contributed by atoms with Crippen LogP contribution < -0.4 is 4.72 Å². The number of aryl methyl sites for hydroxylation is 1. The van der Waals surface area contributed by atoms with Gasteiger partial charge in [-0.3, -0.25) is 0 Å². The summed E-state index contributed by atoms with van der Waals surface area (Å²) < 4.78 is 54.0. The van der Waals surface area contributed by atoms with Gasteiger partial charge in [0.1, 0.15) is 0 Å². The first-order valence-electron chi connectivity index (χ1n) is 7.66. The Balaban J connectivity index is 2.23. The Morgan fingerprint density at radius 1 is 1.24 bits per heavy atom. The van der Waals surface area contributed by atoms with Crippen molar-refractivity contribution >= 4 is 11.0 Å². The average Bonchev–Trinajstić information content (AvgIpc) is 2.95. The number of nitrogens with one attached hydrogen (secondary N) is 1. The maximum atomic E-state index is 12.7. The highest BCUT2D eigenvalue weighted by molar-refractivity contribution is 7.84. The van der Waals surface area contributed by atoms with Crippen LogP contribution in [0.3, 0.4) is 0 Å². The molecule has 2 atom stereocenters. The minimum absolute atomic E-state index is 0.219. The molecule has 0 aromatic carbocycles. The van der Waals surface area contributed by atoms with Crippen LogP contribution >= 0.6 is 0 Å². The Hall–Kier alpha value is -1.74. The van der Waals surface area contributed by atoms with Crippen molar-refractivity contribution in [1.82, 2.24) is 19.5 Å². The van der Waals surface area contributed by atoms with Gasteiger partial charge in [-0.2, -0.15) is 18.3 Å². The van der Waals surface area contributed by atoms with Crippen molar-refractivity contribution in [2.75, 3.05) is 0 Å². The van der Waals surface area contributed by atoms with Crippen LogP contribution in [0.2, 0.25) is 0 Å². The van der Waals surface area contributed by atoms with Crippen LogP contribution in [0.25, 0.3) is 5.82 Å². The second kappa shape index (κ2) is 6.87. The third kappa shape index (κ3) is 4.66. The van der Waals surface area contributed by atoms with Crippen LogP contribution in [0, 0.1) is 6.92 Å². The summed E-state index contributed by atoms with van der Waals surface area (Å²) in [6, 6.07) is 1.58. The van der Waals surface area contributed by atoms with Crippen molar-refractivity contribution in [2.45, 2.75) is 51.6 Å². The van der Waals surface area contributed by atoms with Gasteiger partial charge in [-0.15, -0.1) is 0 Å². The molecule has 0 aliphatic carbocycles. The molecule has 2 aromatic heterocycles. The third-order valence-corrected chi connectivity index (χ3v) is 5.22. The average molecular weight is 374 g/mol. The zero-order valence-electron chi connectivity index (χ0n) is 14.7. The predicted molar refractivity (Wildman–Crippen MR) is 90.5 cm³/mol. The molecular formula is C16H21F3N4OS. The molecule has 0 radical (unpaired) electrons. The smallest absolute Gasteiger partial charge is 0.242 e. The van der Waals surface area contributed by atoms with Gasteiger partial charge in [-0.05, 0) is 51.8 Å². The second-order valence-corrected chi connectivity index (χ2v) is 8.80. The number of rotatable bonds is 4. The minimum Gasteiger partial charge on any atom is -0.242 e. The van der Waals surface area contributed by atoms with Gasteiger partial charge in [0, 0.05) is 18.4 Å².